The van der Waals surface area contributed by atoms with E-state index >= 15 is 0 Å². The van der Waals surface area contributed by atoms with Gasteiger partial charge in [-0.15, -0.1) is 0 Å². The van der Waals surface area contributed by atoms with Crippen LogP contribution in [0, 0.1) is 0 Å². The van der Waals surface area contributed by atoms with Crippen LogP contribution in [0.25, 0.3) is 0 Å². The van der Waals surface area contributed by atoms with E-state index in [0.717, 1.165) is 24.3 Å². The van der Waals surface area contributed by atoms with E-state index in [1.807, 2.05) is 45.2 Å². The molecule has 0 saturated heterocycles. The Hall–Kier alpha value is -1.10. The Balaban J connectivity index is 2.60. The zero-order valence-electron chi connectivity index (χ0n) is 11.4. The molecule has 4 N–H and O–H groups in total. The van der Waals surface area contributed by atoms with Gasteiger partial charge in [0.05, 0.1) is 12.2 Å². The first kappa shape index (κ1) is 15.0. The van der Waals surface area contributed by atoms with Gasteiger partial charge < -0.3 is 20.9 Å². The van der Waals surface area contributed by atoms with Crippen LogP contribution in [0.5, 0.6) is 5.75 Å². The summed E-state index contributed by atoms with van der Waals surface area (Å²) in [6.45, 7) is 4.76. The highest BCUT2D eigenvalue weighted by molar-refractivity contribution is 5.29. The molecule has 0 fully saturated rings. The highest BCUT2D eigenvalue weighted by Gasteiger charge is 2.16. The molecule has 0 amide bonds. The second-order valence-electron chi connectivity index (χ2n) is 4.74. The molecule has 1 rings (SSSR count). The van der Waals surface area contributed by atoms with Crippen molar-refractivity contribution in [1.29, 1.82) is 0 Å². The molecule has 0 aliphatic rings. The van der Waals surface area contributed by atoms with E-state index in [2.05, 4.69) is 5.32 Å². The van der Waals surface area contributed by atoms with Crippen molar-refractivity contribution in [2.24, 2.45) is 5.73 Å². The normalized spacial score (nSPS) is 14.6. The van der Waals surface area contributed by atoms with Gasteiger partial charge in [0.2, 0.25) is 0 Å². The summed E-state index contributed by atoms with van der Waals surface area (Å²) >= 11 is 0. The molecule has 102 valence electrons. The van der Waals surface area contributed by atoms with E-state index in [9.17, 15) is 5.11 Å². The van der Waals surface area contributed by atoms with Crippen LogP contribution in [0.2, 0.25) is 0 Å². The average molecular weight is 252 g/mol. The molecule has 0 aromatic heterocycles. The van der Waals surface area contributed by atoms with Gasteiger partial charge in [0.15, 0.2) is 0 Å². The van der Waals surface area contributed by atoms with Gasteiger partial charge in [-0.25, -0.2) is 0 Å². The fraction of sp³-hybridized carbons (Fsp3) is 0.571. The van der Waals surface area contributed by atoms with Crippen molar-refractivity contribution in [3.05, 3.63) is 29.8 Å². The highest BCUT2D eigenvalue weighted by atomic mass is 16.5. The molecule has 0 aliphatic carbocycles. The first-order chi connectivity index (χ1) is 8.54. The van der Waals surface area contributed by atoms with Crippen molar-refractivity contribution < 1.29 is 9.84 Å². The Morgan fingerprint density at radius 3 is 2.39 bits per heavy atom. The summed E-state index contributed by atoms with van der Waals surface area (Å²) in [7, 11) is 1.87. The standard InChI is InChI=1S/C14H24N2O2/c1-10(2)18-12-6-4-11(5-7-12)14(17)13(15)8-9-16-3/h4-7,10,13-14,16-17H,8-9,15H2,1-3H3. The van der Waals surface area contributed by atoms with Crippen molar-refractivity contribution in [2.75, 3.05) is 13.6 Å². The Bertz CT molecular complexity index is 338. The number of nitrogens with two attached hydrogens (primary N) is 1. The lowest BCUT2D eigenvalue weighted by Crippen LogP contribution is -2.31. The molecule has 18 heavy (non-hydrogen) atoms. The van der Waals surface area contributed by atoms with E-state index < -0.39 is 6.10 Å². The number of aliphatic hydroxyl groups is 1. The Morgan fingerprint density at radius 2 is 1.89 bits per heavy atom. The molecule has 2 atom stereocenters. The van der Waals surface area contributed by atoms with Crippen molar-refractivity contribution in [3.63, 3.8) is 0 Å². The maximum absolute atomic E-state index is 10.1. The number of ether oxygens (including phenoxy) is 1. The third kappa shape index (κ3) is 4.64. The third-order valence-corrected chi connectivity index (χ3v) is 2.73. The van der Waals surface area contributed by atoms with Gasteiger partial charge in [-0.05, 0) is 51.6 Å². The molecule has 0 spiro atoms. The Kier molecular flexibility index (Phi) is 6.12. The SMILES string of the molecule is CNCCC(N)C(O)c1ccc(OC(C)C)cc1. The number of nitrogens with one attached hydrogen (secondary N) is 1. The van der Waals surface area contributed by atoms with Crippen LogP contribution in [-0.4, -0.2) is 30.8 Å². The topological polar surface area (TPSA) is 67.5 Å². The molecule has 0 aliphatic heterocycles. The fourth-order valence-electron chi connectivity index (χ4n) is 1.73. The second kappa shape index (κ2) is 7.36. The van der Waals surface area contributed by atoms with Crippen LogP contribution >= 0.6 is 0 Å². The fourth-order valence-corrected chi connectivity index (χ4v) is 1.73. The zero-order chi connectivity index (χ0) is 13.5. The van der Waals surface area contributed by atoms with Gasteiger partial charge in [0.25, 0.3) is 0 Å². The number of benzene rings is 1. The summed E-state index contributed by atoms with van der Waals surface area (Å²) in [6, 6.07) is 7.20. The largest absolute Gasteiger partial charge is 0.491 e. The van der Waals surface area contributed by atoms with Crippen LogP contribution < -0.4 is 15.8 Å². The van der Waals surface area contributed by atoms with Gasteiger partial charge in [0.1, 0.15) is 5.75 Å². The maximum Gasteiger partial charge on any atom is 0.119 e. The van der Waals surface area contributed by atoms with E-state index in [4.69, 9.17) is 10.5 Å². The minimum atomic E-state index is -0.633. The first-order valence-electron chi connectivity index (χ1n) is 6.39. The summed E-state index contributed by atoms with van der Waals surface area (Å²) in [5.74, 6) is 0.810. The average Bonchev–Trinajstić information content (AvgIpc) is 2.35. The molecule has 4 nitrogen and oxygen atoms in total. The number of hydrogen-bond acceptors (Lipinski definition) is 4. The summed E-state index contributed by atoms with van der Waals surface area (Å²) in [5, 5.41) is 13.1. The molecular formula is C14H24N2O2. The third-order valence-electron chi connectivity index (χ3n) is 2.73. The van der Waals surface area contributed by atoms with Crippen LogP contribution in [0.4, 0.5) is 0 Å². The zero-order valence-corrected chi connectivity index (χ0v) is 11.4. The van der Waals surface area contributed by atoms with E-state index in [0.29, 0.717) is 0 Å². The minimum absolute atomic E-state index is 0.152. The smallest absolute Gasteiger partial charge is 0.119 e. The van der Waals surface area contributed by atoms with Crippen molar-refractivity contribution in [2.45, 2.75) is 38.5 Å². The van der Waals surface area contributed by atoms with E-state index in [1.165, 1.54) is 0 Å². The lowest BCUT2D eigenvalue weighted by atomic mass is 10.0. The van der Waals surface area contributed by atoms with Gasteiger partial charge in [-0.2, -0.15) is 0 Å². The van der Waals surface area contributed by atoms with Crippen LogP contribution in [-0.2, 0) is 0 Å². The maximum atomic E-state index is 10.1. The predicted molar refractivity (Wildman–Crippen MR) is 73.7 cm³/mol. The summed E-state index contributed by atoms with van der Waals surface area (Å²) in [4.78, 5) is 0. The molecule has 4 heteroatoms. The molecule has 2 unspecified atom stereocenters. The summed E-state index contributed by atoms with van der Waals surface area (Å²) in [6.07, 6.45) is 0.257. The minimum Gasteiger partial charge on any atom is -0.491 e. The molecule has 0 bridgehead atoms. The van der Waals surface area contributed by atoms with E-state index in [-0.39, 0.29) is 12.1 Å². The van der Waals surface area contributed by atoms with Crippen LogP contribution in [0.1, 0.15) is 31.9 Å². The molecule has 0 radical (unpaired) electrons. The number of rotatable bonds is 7. The number of hydrogen-bond donors (Lipinski definition) is 3. The van der Waals surface area contributed by atoms with Crippen LogP contribution in [0.3, 0.4) is 0 Å². The van der Waals surface area contributed by atoms with Crippen molar-refractivity contribution >= 4 is 0 Å². The highest BCUT2D eigenvalue weighted by Crippen LogP contribution is 2.21. The molecular weight excluding hydrogens is 228 g/mol. The van der Waals surface area contributed by atoms with Gasteiger partial charge in [0, 0.05) is 6.04 Å². The Labute approximate surface area is 109 Å². The summed E-state index contributed by atoms with van der Waals surface area (Å²) in [5.41, 5.74) is 6.76. The van der Waals surface area contributed by atoms with Gasteiger partial charge >= 0.3 is 0 Å². The monoisotopic (exact) mass is 252 g/mol. The van der Waals surface area contributed by atoms with Crippen LogP contribution in [0.15, 0.2) is 24.3 Å². The summed E-state index contributed by atoms with van der Waals surface area (Å²) < 4.78 is 5.55. The van der Waals surface area contributed by atoms with Gasteiger partial charge in [-0.3, -0.25) is 0 Å². The second-order valence-corrected chi connectivity index (χ2v) is 4.74. The van der Waals surface area contributed by atoms with Gasteiger partial charge in [-0.1, -0.05) is 12.1 Å². The lowest BCUT2D eigenvalue weighted by Gasteiger charge is -2.19. The predicted octanol–water partition coefficient (Wildman–Crippen LogP) is 1.44. The first-order valence-corrected chi connectivity index (χ1v) is 6.39. The molecule has 0 saturated carbocycles. The van der Waals surface area contributed by atoms with Crippen molar-refractivity contribution in [3.8, 4) is 5.75 Å². The number of aliphatic hydroxyl groups excluding tert-OH is 1. The molecule has 0 heterocycles. The molecule has 1 aromatic rings. The molecule has 1 aromatic carbocycles. The van der Waals surface area contributed by atoms with E-state index in [1.54, 1.807) is 0 Å². The quantitative estimate of drug-likeness (QED) is 0.687. The lowest BCUT2D eigenvalue weighted by molar-refractivity contribution is 0.142. The van der Waals surface area contributed by atoms with Crippen molar-refractivity contribution in [1.82, 2.24) is 5.32 Å². The Morgan fingerprint density at radius 1 is 1.28 bits per heavy atom.